The van der Waals surface area contributed by atoms with Crippen molar-refractivity contribution >= 4 is 17.8 Å². The fourth-order valence-corrected chi connectivity index (χ4v) is 1.35. The van der Waals surface area contributed by atoms with E-state index in [4.69, 9.17) is 11.5 Å². The highest BCUT2D eigenvalue weighted by Gasteiger charge is 2.06. The summed E-state index contributed by atoms with van der Waals surface area (Å²) in [6.07, 6.45) is 0. The van der Waals surface area contributed by atoms with Gasteiger partial charge >= 0.3 is 0 Å². The molecule has 7 heteroatoms. The van der Waals surface area contributed by atoms with E-state index in [2.05, 4.69) is 20.3 Å². The summed E-state index contributed by atoms with van der Waals surface area (Å²) < 4.78 is 0. The Morgan fingerprint density at radius 3 is 2.56 bits per heavy atom. The molecule has 92 valence electrons. The fourth-order valence-electron chi connectivity index (χ4n) is 1.35. The molecule has 0 atom stereocenters. The van der Waals surface area contributed by atoms with E-state index in [1.807, 2.05) is 30.3 Å². The zero-order valence-corrected chi connectivity index (χ0v) is 9.50. The monoisotopic (exact) mass is 244 g/mol. The minimum absolute atomic E-state index is 0.0579. The summed E-state index contributed by atoms with van der Waals surface area (Å²) in [6.45, 7) is -0.0579. The summed E-state index contributed by atoms with van der Waals surface area (Å²) in [7, 11) is 0. The lowest BCUT2D eigenvalue weighted by Gasteiger charge is -2.05. The Morgan fingerprint density at radius 1 is 1.17 bits per heavy atom. The van der Waals surface area contributed by atoms with Gasteiger partial charge in [-0.2, -0.15) is 15.0 Å². The van der Waals surface area contributed by atoms with Crippen molar-refractivity contribution in [2.24, 2.45) is 5.73 Å². The van der Waals surface area contributed by atoms with Crippen LogP contribution in [0.5, 0.6) is 0 Å². The van der Waals surface area contributed by atoms with Crippen molar-refractivity contribution in [1.82, 2.24) is 15.0 Å². The van der Waals surface area contributed by atoms with Gasteiger partial charge in [0, 0.05) is 5.56 Å². The number of anilines is 2. The number of rotatable bonds is 4. The molecule has 2 aromatic rings. The van der Waals surface area contributed by atoms with Crippen LogP contribution >= 0.6 is 0 Å². The Hall–Kier alpha value is -2.70. The number of hydrogen-bond donors (Lipinski definition) is 3. The minimum atomic E-state index is -0.504. The Bertz CT molecular complexity index is 557. The molecule has 0 saturated heterocycles. The molecule has 0 bridgehead atoms. The van der Waals surface area contributed by atoms with Gasteiger partial charge in [-0.3, -0.25) is 4.79 Å². The first-order chi connectivity index (χ1) is 8.65. The standard InChI is InChI=1S/C11H12N6O/c12-8(18)6-14-11-16-9(15-10(13)17-11)7-4-2-1-3-5-7/h1-5H,6H2,(H2,12,18)(H3,13,14,15,16,17). The van der Waals surface area contributed by atoms with Crippen LogP contribution in [0.1, 0.15) is 0 Å². The summed E-state index contributed by atoms with van der Waals surface area (Å²) in [6, 6.07) is 9.33. The second-order valence-corrected chi connectivity index (χ2v) is 3.53. The van der Waals surface area contributed by atoms with Gasteiger partial charge < -0.3 is 16.8 Å². The third kappa shape index (κ3) is 2.91. The van der Waals surface area contributed by atoms with E-state index in [0.29, 0.717) is 5.82 Å². The summed E-state index contributed by atoms with van der Waals surface area (Å²) in [5.41, 5.74) is 11.4. The molecule has 1 aromatic heterocycles. The highest BCUT2D eigenvalue weighted by molar-refractivity contribution is 5.78. The zero-order chi connectivity index (χ0) is 13.0. The summed E-state index contributed by atoms with van der Waals surface area (Å²) >= 11 is 0. The third-order valence-corrected chi connectivity index (χ3v) is 2.11. The van der Waals surface area contributed by atoms with Crippen molar-refractivity contribution < 1.29 is 4.79 Å². The molecule has 1 heterocycles. The average Bonchev–Trinajstić information content (AvgIpc) is 2.37. The van der Waals surface area contributed by atoms with E-state index in [0.717, 1.165) is 5.56 Å². The van der Waals surface area contributed by atoms with Gasteiger partial charge in [0.15, 0.2) is 5.82 Å². The molecule has 0 aliphatic carbocycles. The van der Waals surface area contributed by atoms with Gasteiger partial charge in [-0.25, -0.2) is 0 Å². The lowest BCUT2D eigenvalue weighted by Crippen LogP contribution is -2.23. The molecule has 0 unspecified atom stereocenters. The molecule has 1 aromatic carbocycles. The van der Waals surface area contributed by atoms with E-state index < -0.39 is 5.91 Å². The Morgan fingerprint density at radius 2 is 1.89 bits per heavy atom. The fraction of sp³-hybridized carbons (Fsp3) is 0.0909. The quantitative estimate of drug-likeness (QED) is 0.697. The van der Waals surface area contributed by atoms with Crippen LogP contribution in [0.25, 0.3) is 11.4 Å². The van der Waals surface area contributed by atoms with Crippen LogP contribution in [0.15, 0.2) is 30.3 Å². The minimum Gasteiger partial charge on any atom is -0.368 e. The molecule has 0 radical (unpaired) electrons. The second-order valence-electron chi connectivity index (χ2n) is 3.53. The maximum atomic E-state index is 10.7. The predicted molar refractivity (Wildman–Crippen MR) is 67.4 cm³/mol. The Kier molecular flexibility index (Phi) is 3.33. The number of nitrogens with zero attached hydrogens (tertiary/aromatic N) is 3. The summed E-state index contributed by atoms with van der Waals surface area (Å²) in [5, 5.41) is 2.68. The lowest BCUT2D eigenvalue weighted by molar-refractivity contribution is -0.116. The number of nitrogens with two attached hydrogens (primary N) is 2. The summed E-state index contributed by atoms with van der Waals surface area (Å²) in [5.74, 6) is 0.237. The van der Waals surface area contributed by atoms with Crippen molar-refractivity contribution in [1.29, 1.82) is 0 Å². The molecular formula is C11H12N6O. The van der Waals surface area contributed by atoms with Crippen molar-refractivity contribution in [3.63, 3.8) is 0 Å². The SMILES string of the molecule is NC(=O)CNc1nc(N)nc(-c2ccccc2)n1. The summed E-state index contributed by atoms with van der Waals surface area (Å²) in [4.78, 5) is 22.7. The van der Waals surface area contributed by atoms with E-state index in [1.165, 1.54) is 0 Å². The molecule has 0 spiro atoms. The van der Waals surface area contributed by atoms with Crippen molar-refractivity contribution in [2.75, 3.05) is 17.6 Å². The van der Waals surface area contributed by atoms with Crippen LogP contribution in [0, 0.1) is 0 Å². The van der Waals surface area contributed by atoms with Crippen LogP contribution in [-0.2, 0) is 4.79 Å². The number of nitrogen functional groups attached to an aromatic ring is 1. The van der Waals surface area contributed by atoms with Crippen molar-refractivity contribution in [3.8, 4) is 11.4 Å². The van der Waals surface area contributed by atoms with Crippen LogP contribution in [0.2, 0.25) is 0 Å². The Labute approximate surface area is 103 Å². The maximum Gasteiger partial charge on any atom is 0.236 e. The number of amides is 1. The van der Waals surface area contributed by atoms with Crippen LogP contribution in [0.4, 0.5) is 11.9 Å². The van der Waals surface area contributed by atoms with E-state index in [-0.39, 0.29) is 18.4 Å². The van der Waals surface area contributed by atoms with Gasteiger partial charge in [0.05, 0.1) is 6.54 Å². The second kappa shape index (κ2) is 5.09. The number of nitrogens with one attached hydrogen (secondary N) is 1. The molecule has 0 fully saturated rings. The number of carbonyl (C=O) groups excluding carboxylic acids is 1. The highest BCUT2D eigenvalue weighted by atomic mass is 16.1. The van der Waals surface area contributed by atoms with Gasteiger partial charge in [0.25, 0.3) is 0 Å². The van der Waals surface area contributed by atoms with E-state index in [1.54, 1.807) is 0 Å². The lowest BCUT2D eigenvalue weighted by atomic mass is 10.2. The first-order valence-electron chi connectivity index (χ1n) is 5.24. The maximum absolute atomic E-state index is 10.7. The van der Waals surface area contributed by atoms with Gasteiger partial charge in [0.1, 0.15) is 0 Å². The molecule has 0 saturated carbocycles. The molecule has 18 heavy (non-hydrogen) atoms. The molecule has 2 rings (SSSR count). The topological polar surface area (TPSA) is 120 Å². The van der Waals surface area contributed by atoms with Gasteiger partial charge in [-0.05, 0) is 0 Å². The van der Waals surface area contributed by atoms with Crippen LogP contribution in [0.3, 0.4) is 0 Å². The van der Waals surface area contributed by atoms with Gasteiger partial charge in [-0.1, -0.05) is 30.3 Å². The number of hydrogen-bond acceptors (Lipinski definition) is 6. The van der Waals surface area contributed by atoms with Gasteiger partial charge in [0.2, 0.25) is 17.8 Å². The van der Waals surface area contributed by atoms with Crippen LogP contribution in [-0.4, -0.2) is 27.4 Å². The smallest absolute Gasteiger partial charge is 0.236 e. The molecule has 0 aliphatic heterocycles. The first-order valence-corrected chi connectivity index (χ1v) is 5.24. The largest absolute Gasteiger partial charge is 0.368 e. The normalized spacial score (nSPS) is 10.0. The first kappa shape index (κ1) is 11.8. The highest BCUT2D eigenvalue weighted by Crippen LogP contribution is 2.15. The number of carbonyl (C=O) groups is 1. The van der Waals surface area contributed by atoms with Crippen LogP contribution < -0.4 is 16.8 Å². The molecule has 5 N–H and O–H groups in total. The number of benzene rings is 1. The molecular weight excluding hydrogens is 232 g/mol. The van der Waals surface area contributed by atoms with Crippen molar-refractivity contribution in [3.05, 3.63) is 30.3 Å². The predicted octanol–water partition coefficient (Wildman–Crippen LogP) is 0.0180. The Balaban J connectivity index is 2.29. The van der Waals surface area contributed by atoms with E-state index in [9.17, 15) is 4.79 Å². The number of primary amides is 1. The van der Waals surface area contributed by atoms with Gasteiger partial charge in [-0.15, -0.1) is 0 Å². The van der Waals surface area contributed by atoms with E-state index >= 15 is 0 Å². The average molecular weight is 244 g/mol. The molecule has 1 amide bonds. The third-order valence-electron chi connectivity index (χ3n) is 2.11. The molecule has 0 aliphatic rings. The molecule has 7 nitrogen and oxygen atoms in total. The van der Waals surface area contributed by atoms with Crippen molar-refractivity contribution in [2.45, 2.75) is 0 Å². The zero-order valence-electron chi connectivity index (χ0n) is 9.50. The number of aromatic nitrogens is 3.